The maximum absolute atomic E-state index is 11.0. The van der Waals surface area contributed by atoms with Crippen LogP contribution in [0.5, 0.6) is 0 Å². The number of rotatable bonds is 4. The summed E-state index contributed by atoms with van der Waals surface area (Å²) in [6, 6.07) is 0. The van der Waals surface area contributed by atoms with Crippen LogP contribution in [-0.2, 0) is 6.54 Å². The fourth-order valence-electron chi connectivity index (χ4n) is 2.04. The summed E-state index contributed by atoms with van der Waals surface area (Å²) in [5, 5.41) is 7.72. The van der Waals surface area contributed by atoms with Gasteiger partial charge in [0.1, 0.15) is 0 Å². The minimum atomic E-state index is -0.509. The number of hydrogen-bond acceptors (Lipinski definition) is 4. The van der Waals surface area contributed by atoms with Gasteiger partial charge in [0.15, 0.2) is 5.69 Å². The smallest absolute Gasteiger partial charge is 0.271 e. The molecule has 0 spiro atoms. The Kier molecular flexibility index (Phi) is 3.19. The number of likely N-dealkylation sites (tertiary alicyclic amines) is 1. The Bertz CT molecular complexity index is 381. The second-order valence-electron chi connectivity index (χ2n) is 4.16. The Morgan fingerprint density at radius 2 is 2.06 bits per heavy atom. The van der Waals surface area contributed by atoms with Crippen LogP contribution in [-0.4, -0.2) is 45.4 Å². The van der Waals surface area contributed by atoms with Gasteiger partial charge < -0.3 is 10.6 Å². The Morgan fingerprint density at radius 3 is 2.62 bits per heavy atom. The van der Waals surface area contributed by atoms with Crippen LogP contribution in [0.3, 0.4) is 0 Å². The number of nitrogens with zero attached hydrogens (tertiary/aromatic N) is 4. The summed E-state index contributed by atoms with van der Waals surface area (Å²) in [4.78, 5) is 13.4. The van der Waals surface area contributed by atoms with Crippen LogP contribution in [0, 0.1) is 6.92 Å². The van der Waals surface area contributed by atoms with Crippen LogP contribution in [0.2, 0.25) is 0 Å². The van der Waals surface area contributed by atoms with Gasteiger partial charge in [-0.05, 0) is 32.9 Å². The van der Waals surface area contributed by atoms with Crippen molar-refractivity contribution in [3.05, 3.63) is 11.4 Å². The van der Waals surface area contributed by atoms with Gasteiger partial charge >= 0.3 is 0 Å². The molecule has 1 fully saturated rings. The first kappa shape index (κ1) is 11.1. The molecule has 0 aromatic carbocycles. The molecule has 1 aromatic heterocycles. The first-order valence-electron chi connectivity index (χ1n) is 5.60. The maximum Gasteiger partial charge on any atom is 0.271 e. The number of amides is 1. The Hall–Kier alpha value is -1.43. The zero-order valence-corrected chi connectivity index (χ0v) is 9.52. The first-order chi connectivity index (χ1) is 7.68. The first-order valence-corrected chi connectivity index (χ1v) is 5.60. The van der Waals surface area contributed by atoms with Crippen LogP contribution in [0.25, 0.3) is 0 Å². The van der Waals surface area contributed by atoms with E-state index in [2.05, 4.69) is 15.2 Å². The predicted molar refractivity (Wildman–Crippen MR) is 59.0 cm³/mol. The van der Waals surface area contributed by atoms with Crippen LogP contribution in [0.1, 0.15) is 29.0 Å². The molecule has 6 nitrogen and oxygen atoms in total. The number of aromatic nitrogens is 3. The predicted octanol–water partition coefficient (Wildman–Crippen LogP) is -0.219. The number of nitrogens with two attached hydrogens (primary N) is 1. The molecular formula is C10H17N5O. The highest BCUT2D eigenvalue weighted by molar-refractivity contribution is 5.91. The molecule has 0 aliphatic carbocycles. The minimum absolute atomic E-state index is 0.279. The highest BCUT2D eigenvalue weighted by atomic mass is 16.1. The number of carbonyl (C=O) groups is 1. The third-order valence-corrected chi connectivity index (χ3v) is 3.04. The van der Waals surface area contributed by atoms with E-state index in [4.69, 9.17) is 5.73 Å². The van der Waals surface area contributed by atoms with Crippen molar-refractivity contribution in [2.45, 2.75) is 26.3 Å². The van der Waals surface area contributed by atoms with E-state index in [-0.39, 0.29) is 5.69 Å². The van der Waals surface area contributed by atoms with Crippen molar-refractivity contribution in [3.8, 4) is 0 Å². The normalized spacial score (nSPS) is 16.8. The van der Waals surface area contributed by atoms with Crippen LogP contribution in [0.15, 0.2) is 0 Å². The Labute approximate surface area is 94.4 Å². The van der Waals surface area contributed by atoms with Gasteiger partial charge in [-0.15, -0.1) is 5.10 Å². The molecule has 1 aliphatic rings. The summed E-state index contributed by atoms with van der Waals surface area (Å²) in [5.74, 6) is -0.509. The average molecular weight is 223 g/mol. The van der Waals surface area contributed by atoms with E-state index in [9.17, 15) is 4.79 Å². The van der Waals surface area contributed by atoms with Gasteiger partial charge in [0.2, 0.25) is 0 Å². The topological polar surface area (TPSA) is 77.0 Å². The highest BCUT2D eigenvalue weighted by Crippen LogP contribution is 2.08. The van der Waals surface area contributed by atoms with Crippen molar-refractivity contribution < 1.29 is 4.79 Å². The standard InChI is InChI=1S/C10H17N5O/c1-8-9(10(11)16)12-13-15(8)7-6-14-4-2-3-5-14/h2-7H2,1H3,(H2,11,16). The van der Waals surface area contributed by atoms with Gasteiger partial charge in [-0.1, -0.05) is 5.21 Å². The van der Waals surface area contributed by atoms with Crippen LogP contribution >= 0.6 is 0 Å². The molecular weight excluding hydrogens is 206 g/mol. The number of primary amides is 1. The molecule has 0 bridgehead atoms. The second-order valence-corrected chi connectivity index (χ2v) is 4.16. The van der Waals surface area contributed by atoms with Crippen LogP contribution in [0.4, 0.5) is 0 Å². The third-order valence-electron chi connectivity index (χ3n) is 3.04. The summed E-state index contributed by atoms with van der Waals surface area (Å²) in [6.45, 7) is 5.88. The van der Waals surface area contributed by atoms with E-state index >= 15 is 0 Å². The second kappa shape index (κ2) is 4.61. The summed E-state index contributed by atoms with van der Waals surface area (Å²) in [5.41, 5.74) is 6.22. The summed E-state index contributed by atoms with van der Waals surface area (Å²) >= 11 is 0. The van der Waals surface area contributed by atoms with Crippen molar-refractivity contribution in [2.75, 3.05) is 19.6 Å². The molecule has 0 atom stereocenters. The number of hydrogen-bond donors (Lipinski definition) is 1. The van der Waals surface area contributed by atoms with Crippen molar-refractivity contribution in [3.63, 3.8) is 0 Å². The Balaban J connectivity index is 1.96. The molecule has 0 unspecified atom stereocenters. The molecule has 2 rings (SSSR count). The van der Waals surface area contributed by atoms with E-state index in [1.165, 1.54) is 12.8 Å². The van der Waals surface area contributed by atoms with Crippen molar-refractivity contribution in [2.24, 2.45) is 5.73 Å². The van der Waals surface area contributed by atoms with E-state index < -0.39 is 5.91 Å². The fraction of sp³-hybridized carbons (Fsp3) is 0.700. The van der Waals surface area contributed by atoms with Gasteiger partial charge in [0.05, 0.1) is 12.2 Å². The maximum atomic E-state index is 11.0. The van der Waals surface area contributed by atoms with Gasteiger partial charge in [0, 0.05) is 6.54 Å². The van der Waals surface area contributed by atoms with E-state index in [0.29, 0.717) is 0 Å². The van der Waals surface area contributed by atoms with E-state index in [1.54, 1.807) is 4.68 Å². The van der Waals surface area contributed by atoms with Crippen molar-refractivity contribution in [1.82, 2.24) is 19.9 Å². The molecule has 6 heteroatoms. The summed E-state index contributed by atoms with van der Waals surface area (Å²) in [7, 11) is 0. The summed E-state index contributed by atoms with van der Waals surface area (Å²) < 4.78 is 1.75. The van der Waals surface area contributed by atoms with Crippen LogP contribution < -0.4 is 5.73 Å². The van der Waals surface area contributed by atoms with Gasteiger partial charge in [-0.25, -0.2) is 4.68 Å². The monoisotopic (exact) mass is 223 g/mol. The highest BCUT2D eigenvalue weighted by Gasteiger charge is 2.15. The van der Waals surface area contributed by atoms with Crippen molar-refractivity contribution >= 4 is 5.91 Å². The molecule has 1 amide bonds. The third kappa shape index (κ3) is 2.21. The fourth-order valence-corrected chi connectivity index (χ4v) is 2.04. The summed E-state index contributed by atoms with van der Waals surface area (Å²) in [6.07, 6.45) is 2.56. The largest absolute Gasteiger partial charge is 0.364 e. The Morgan fingerprint density at radius 1 is 1.38 bits per heavy atom. The molecule has 16 heavy (non-hydrogen) atoms. The van der Waals surface area contributed by atoms with E-state index in [1.807, 2.05) is 6.92 Å². The van der Waals surface area contributed by atoms with Gasteiger partial charge in [-0.3, -0.25) is 4.79 Å². The number of carbonyl (C=O) groups excluding carboxylic acids is 1. The lowest BCUT2D eigenvalue weighted by molar-refractivity contribution is 0.0995. The lowest BCUT2D eigenvalue weighted by Gasteiger charge is -2.14. The molecule has 88 valence electrons. The molecule has 0 radical (unpaired) electrons. The lowest BCUT2D eigenvalue weighted by atomic mass is 10.3. The molecule has 1 saturated heterocycles. The molecule has 1 aromatic rings. The molecule has 0 saturated carbocycles. The van der Waals surface area contributed by atoms with Gasteiger partial charge in [-0.2, -0.15) is 0 Å². The minimum Gasteiger partial charge on any atom is -0.364 e. The quantitative estimate of drug-likeness (QED) is 0.765. The molecule has 2 heterocycles. The van der Waals surface area contributed by atoms with E-state index in [0.717, 1.165) is 31.9 Å². The zero-order chi connectivity index (χ0) is 11.5. The zero-order valence-electron chi connectivity index (χ0n) is 9.52. The SMILES string of the molecule is Cc1c(C(N)=O)nnn1CCN1CCCC1. The van der Waals surface area contributed by atoms with Crippen molar-refractivity contribution in [1.29, 1.82) is 0 Å². The molecule has 1 aliphatic heterocycles. The lowest BCUT2D eigenvalue weighted by Crippen LogP contribution is -2.25. The molecule has 2 N–H and O–H groups in total. The average Bonchev–Trinajstić information content (AvgIpc) is 2.84. The van der Waals surface area contributed by atoms with Gasteiger partial charge in [0.25, 0.3) is 5.91 Å².